The van der Waals surface area contributed by atoms with Crippen LogP contribution in [0, 0.1) is 12.7 Å². The Balaban J connectivity index is 1.60. The van der Waals surface area contributed by atoms with Crippen LogP contribution in [0.1, 0.15) is 46.0 Å². The minimum Gasteiger partial charge on any atom is -0.304 e. The molecule has 13 heteroatoms. The van der Waals surface area contributed by atoms with Gasteiger partial charge >= 0.3 is 0 Å². The number of alkyl halides is 4. The Morgan fingerprint density at radius 3 is 2.55 bits per heavy atom. The van der Waals surface area contributed by atoms with Crippen LogP contribution in [0.3, 0.4) is 0 Å². The van der Waals surface area contributed by atoms with Crippen LogP contribution in [0.2, 0.25) is 5.02 Å². The molecule has 4 aromatic rings. The Morgan fingerprint density at radius 2 is 1.88 bits per heavy atom. The molecule has 0 fully saturated rings. The molecule has 0 spiro atoms. The summed E-state index contributed by atoms with van der Waals surface area (Å²) in [6, 6.07) is 7.31. The maximum absolute atomic E-state index is 14.1. The van der Waals surface area contributed by atoms with E-state index in [9.17, 15) is 26.7 Å². The van der Waals surface area contributed by atoms with E-state index in [2.05, 4.69) is 20.5 Å². The third-order valence-electron chi connectivity index (χ3n) is 4.75. The summed E-state index contributed by atoms with van der Waals surface area (Å²) in [5, 5.41) is 10.6. The molecule has 0 saturated carbocycles. The molecule has 7 nitrogen and oxygen atoms in total. The third kappa shape index (κ3) is 4.51. The largest absolute Gasteiger partial charge is 0.304 e. The molecule has 1 N–H and O–H groups in total. The Hall–Kier alpha value is -3.54. The Morgan fingerprint density at radius 1 is 1.12 bits per heavy atom. The summed E-state index contributed by atoms with van der Waals surface area (Å²) in [5.41, 5.74) is -1.56. The standard InChI is InChI=1S/C20H14ClF5N6O/c1-9-5-16(30-31(9)8-10-11(21)3-2-4-12(10)22)28-20(33)14-7-17-27-13(18(23)24)6-15(19(25)26)32(17)29-14/h2-7,18-19H,8H2,1H3,(H,28,30,33). The molecule has 0 radical (unpaired) electrons. The van der Waals surface area contributed by atoms with Crippen LogP contribution in [-0.4, -0.2) is 30.3 Å². The number of benzene rings is 1. The van der Waals surface area contributed by atoms with Crippen LogP contribution >= 0.6 is 11.6 Å². The monoisotopic (exact) mass is 484 g/mol. The molecule has 0 aliphatic heterocycles. The lowest BCUT2D eigenvalue weighted by atomic mass is 10.2. The first-order chi connectivity index (χ1) is 15.6. The van der Waals surface area contributed by atoms with E-state index >= 15 is 0 Å². The fraction of sp³-hybridized carbons (Fsp3) is 0.200. The number of aryl methyl sites for hydroxylation is 1. The van der Waals surface area contributed by atoms with Crippen LogP contribution in [0.25, 0.3) is 5.65 Å². The van der Waals surface area contributed by atoms with Gasteiger partial charge in [0.15, 0.2) is 17.2 Å². The highest BCUT2D eigenvalue weighted by Gasteiger charge is 2.22. The van der Waals surface area contributed by atoms with Gasteiger partial charge in [-0.1, -0.05) is 17.7 Å². The molecule has 0 unspecified atom stereocenters. The molecule has 3 heterocycles. The van der Waals surface area contributed by atoms with Crippen LogP contribution in [0.4, 0.5) is 27.8 Å². The van der Waals surface area contributed by atoms with Crippen molar-refractivity contribution >= 4 is 29.0 Å². The van der Waals surface area contributed by atoms with E-state index in [0.29, 0.717) is 16.3 Å². The zero-order chi connectivity index (χ0) is 23.9. The van der Waals surface area contributed by atoms with Crippen molar-refractivity contribution in [3.8, 4) is 0 Å². The smallest absolute Gasteiger partial charge is 0.280 e. The Labute approximate surface area is 187 Å². The minimum absolute atomic E-state index is 0.000349. The summed E-state index contributed by atoms with van der Waals surface area (Å²) in [5.74, 6) is -1.26. The Kier molecular flexibility index (Phi) is 6.02. The number of hydrogen-bond donors (Lipinski definition) is 1. The fourth-order valence-corrected chi connectivity index (χ4v) is 3.36. The van der Waals surface area contributed by atoms with E-state index in [4.69, 9.17) is 11.6 Å². The summed E-state index contributed by atoms with van der Waals surface area (Å²) in [6.45, 7) is 1.67. The molecule has 1 amide bonds. The highest BCUT2D eigenvalue weighted by atomic mass is 35.5. The fourth-order valence-electron chi connectivity index (χ4n) is 3.14. The second-order valence-corrected chi connectivity index (χ2v) is 7.40. The minimum atomic E-state index is -3.12. The van der Waals surface area contributed by atoms with Crippen LogP contribution < -0.4 is 5.32 Å². The van der Waals surface area contributed by atoms with E-state index in [1.54, 1.807) is 6.92 Å². The molecule has 0 atom stereocenters. The van der Waals surface area contributed by atoms with Gasteiger partial charge in [0.25, 0.3) is 18.8 Å². The van der Waals surface area contributed by atoms with Crippen molar-refractivity contribution in [1.82, 2.24) is 24.4 Å². The summed E-state index contributed by atoms with van der Waals surface area (Å²) in [6.07, 6.45) is -6.19. The number of hydrogen-bond acceptors (Lipinski definition) is 4. The number of fused-ring (bicyclic) bond motifs is 1. The maximum Gasteiger partial charge on any atom is 0.280 e. The van der Waals surface area contributed by atoms with Gasteiger partial charge in [0, 0.05) is 28.4 Å². The number of nitrogens with zero attached hydrogens (tertiary/aromatic N) is 5. The predicted molar refractivity (Wildman–Crippen MR) is 108 cm³/mol. The van der Waals surface area contributed by atoms with Gasteiger partial charge in [-0.2, -0.15) is 10.2 Å². The number of amides is 1. The molecular formula is C20H14ClF5N6O. The van der Waals surface area contributed by atoms with E-state index in [0.717, 1.165) is 6.07 Å². The molecule has 33 heavy (non-hydrogen) atoms. The maximum atomic E-state index is 14.1. The van der Waals surface area contributed by atoms with Gasteiger partial charge in [0.05, 0.1) is 6.54 Å². The van der Waals surface area contributed by atoms with Gasteiger partial charge in [-0.3, -0.25) is 9.48 Å². The van der Waals surface area contributed by atoms with Crippen molar-refractivity contribution in [3.63, 3.8) is 0 Å². The second kappa shape index (κ2) is 8.77. The van der Waals surface area contributed by atoms with Gasteiger partial charge in [-0.15, -0.1) is 0 Å². The molecule has 3 aromatic heterocycles. The SMILES string of the molecule is Cc1cc(NC(=O)c2cc3nc(C(F)F)cc(C(F)F)n3n2)nn1Cc1c(F)cccc1Cl. The van der Waals surface area contributed by atoms with Gasteiger partial charge < -0.3 is 5.32 Å². The van der Waals surface area contributed by atoms with Gasteiger partial charge in [0.1, 0.15) is 17.2 Å². The van der Waals surface area contributed by atoms with Crippen molar-refractivity contribution in [1.29, 1.82) is 0 Å². The number of rotatable bonds is 6. The number of halogens is 6. The highest BCUT2D eigenvalue weighted by molar-refractivity contribution is 6.31. The first kappa shape index (κ1) is 22.6. The van der Waals surface area contributed by atoms with Gasteiger partial charge in [0.2, 0.25) is 0 Å². The molecule has 1 aromatic carbocycles. The van der Waals surface area contributed by atoms with Crippen molar-refractivity contribution in [2.75, 3.05) is 5.32 Å². The molecule has 0 aliphatic rings. The van der Waals surface area contributed by atoms with Crippen molar-refractivity contribution in [2.24, 2.45) is 0 Å². The number of nitrogens with one attached hydrogen (secondary N) is 1. The summed E-state index contributed by atoms with van der Waals surface area (Å²) >= 11 is 6.04. The molecule has 4 rings (SSSR count). The lowest BCUT2D eigenvalue weighted by Gasteiger charge is -2.07. The number of aromatic nitrogens is 5. The molecular weight excluding hydrogens is 471 g/mol. The lowest BCUT2D eigenvalue weighted by molar-refractivity contribution is 0.102. The third-order valence-corrected chi connectivity index (χ3v) is 5.10. The number of anilines is 1. The van der Waals surface area contributed by atoms with E-state index in [1.807, 2.05) is 0 Å². The lowest BCUT2D eigenvalue weighted by Crippen LogP contribution is -2.14. The van der Waals surface area contributed by atoms with Crippen molar-refractivity contribution in [3.05, 3.63) is 75.6 Å². The first-order valence-corrected chi connectivity index (χ1v) is 9.77. The zero-order valence-electron chi connectivity index (χ0n) is 16.7. The number of carbonyl (C=O) groups excluding carboxylic acids is 1. The quantitative estimate of drug-likeness (QED) is 0.381. The first-order valence-electron chi connectivity index (χ1n) is 9.39. The van der Waals surface area contributed by atoms with E-state index in [-0.39, 0.29) is 34.3 Å². The molecule has 0 saturated heterocycles. The van der Waals surface area contributed by atoms with E-state index < -0.39 is 36.0 Å². The summed E-state index contributed by atoms with van der Waals surface area (Å²) < 4.78 is 68.7. The zero-order valence-corrected chi connectivity index (χ0v) is 17.5. The van der Waals surface area contributed by atoms with Crippen molar-refractivity contribution in [2.45, 2.75) is 26.3 Å². The normalized spacial score (nSPS) is 11.7. The van der Waals surface area contributed by atoms with Gasteiger partial charge in [-0.25, -0.2) is 31.5 Å². The average molecular weight is 485 g/mol. The van der Waals surface area contributed by atoms with E-state index in [1.165, 1.54) is 28.9 Å². The topological polar surface area (TPSA) is 77.1 Å². The highest BCUT2D eigenvalue weighted by Crippen LogP contribution is 2.26. The second-order valence-electron chi connectivity index (χ2n) is 6.99. The van der Waals surface area contributed by atoms with Crippen LogP contribution in [-0.2, 0) is 6.54 Å². The molecule has 0 bridgehead atoms. The summed E-state index contributed by atoms with van der Waals surface area (Å²) in [7, 11) is 0. The molecule has 172 valence electrons. The van der Waals surface area contributed by atoms with Crippen molar-refractivity contribution < 1.29 is 26.7 Å². The molecule has 0 aliphatic carbocycles. The Bertz CT molecular complexity index is 1330. The predicted octanol–water partition coefficient (Wildman–Crippen LogP) is 5.20. The van der Waals surface area contributed by atoms with Crippen LogP contribution in [0.5, 0.6) is 0 Å². The van der Waals surface area contributed by atoms with Gasteiger partial charge in [-0.05, 0) is 25.1 Å². The number of carbonyl (C=O) groups is 1. The summed E-state index contributed by atoms with van der Waals surface area (Å²) in [4.78, 5) is 16.2. The average Bonchev–Trinajstić information content (AvgIpc) is 3.33. The van der Waals surface area contributed by atoms with Crippen LogP contribution in [0.15, 0.2) is 36.4 Å².